The van der Waals surface area contributed by atoms with Crippen molar-refractivity contribution in [2.45, 2.75) is 89.2 Å². The smallest absolute Gasteiger partial charge is 0.416 e. The Hall–Kier alpha value is -2.75. The second-order valence-corrected chi connectivity index (χ2v) is 12.3. The number of piperidine rings is 1. The Balaban J connectivity index is 1.22. The summed E-state index contributed by atoms with van der Waals surface area (Å²) in [4.78, 5) is 13.6. The third kappa shape index (κ3) is 6.74. The molecule has 1 N–H and O–H groups in total. The number of aliphatic carboxylic acids is 1. The number of carboxylic acids is 1. The molecule has 4 atom stereocenters. The standard InChI is InChI=1S/C32H37F6NO3/c1-18(30(40)41)29(22-4-5-22)23-6-3-21-7-9-25(42-28(21)16-23)15-20-11-13-39(14-12-20)19(2)26-17-24(31(33,34)35)8-10-27(26)32(36,37)38/h3,6,8,10,16-20,22,25,29H,4-5,7,9,11-15H2,1-2H3,(H,40,41)/t18-,19-,25?,29?/m0/s1. The quantitative estimate of drug-likeness (QED) is 0.310. The molecule has 0 bridgehead atoms. The fraction of sp³-hybridized carbons (Fsp3) is 0.594. The van der Waals surface area contributed by atoms with Crippen LogP contribution in [0.5, 0.6) is 5.75 Å². The molecule has 1 aliphatic carbocycles. The summed E-state index contributed by atoms with van der Waals surface area (Å²) in [6.07, 6.45) is -3.48. The topological polar surface area (TPSA) is 49.8 Å². The van der Waals surface area contributed by atoms with E-state index in [9.17, 15) is 36.2 Å². The van der Waals surface area contributed by atoms with Crippen LogP contribution < -0.4 is 4.74 Å². The molecule has 1 saturated carbocycles. The fourth-order valence-corrected chi connectivity index (χ4v) is 6.88. The van der Waals surface area contributed by atoms with Gasteiger partial charge in [0.15, 0.2) is 0 Å². The number of rotatable bonds is 8. The lowest BCUT2D eigenvalue weighted by molar-refractivity contribution is -0.142. The number of hydrogen-bond acceptors (Lipinski definition) is 3. The van der Waals surface area contributed by atoms with E-state index in [-0.39, 0.29) is 23.5 Å². The summed E-state index contributed by atoms with van der Waals surface area (Å²) in [5.74, 6) is 0.153. The first kappa shape index (κ1) is 30.7. The molecule has 4 nitrogen and oxygen atoms in total. The molecule has 2 heterocycles. The zero-order valence-electron chi connectivity index (χ0n) is 23.8. The molecule has 10 heteroatoms. The molecule has 0 radical (unpaired) electrons. The molecule has 0 spiro atoms. The maximum absolute atomic E-state index is 13.7. The summed E-state index contributed by atoms with van der Waals surface area (Å²) in [5.41, 5.74) is -0.341. The van der Waals surface area contributed by atoms with Crippen LogP contribution >= 0.6 is 0 Å². The Bertz CT molecular complexity index is 1280. The van der Waals surface area contributed by atoms with Crippen molar-refractivity contribution in [3.8, 4) is 5.75 Å². The number of benzene rings is 2. The second-order valence-electron chi connectivity index (χ2n) is 12.3. The number of fused-ring (bicyclic) bond motifs is 1. The van der Waals surface area contributed by atoms with E-state index in [1.54, 1.807) is 13.8 Å². The highest BCUT2D eigenvalue weighted by Gasteiger charge is 2.41. The van der Waals surface area contributed by atoms with E-state index >= 15 is 0 Å². The lowest BCUT2D eigenvalue weighted by Gasteiger charge is -2.38. The van der Waals surface area contributed by atoms with Crippen molar-refractivity contribution in [2.75, 3.05) is 13.1 Å². The van der Waals surface area contributed by atoms with E-state index in [0.29, 0.717) is 37.2 Å². The van der Waals surface area contributed by atoms with Crippen molar-refractivity contribution in [1.29, 1.82) is 0 Å². The number of carboxylic acid groups (broad SMARTS) is 1. The summed E-state index contributed by atoms with van der Waals surface area (Å²) < 4.78 is 87.4. The van der Waals surface area contributed by atoms with Crippen LogP contribution in [0.25, 0.3) is 0 Å². The van der Waals surface area contributed by atoms with Gasteiger partial charge in [-0.05, 0) is 124 Å². The summed E-state index contributed by atoms with van der Waals surface area (Å²) in [5, 5.41) is 9.63. The normalized spacial score (nSPS) is 22.6. The van der Waals surface area contributed by atoms with Gasteiger partial charge in [0.2, 0.25) is 0 Å². The van der Waals surface area contributed by atoms with Gasteiger partial charge in [-0.25, -0.2) is 0 Å². The van der Waals surface area contributed by atoms with E-state index in [4.69, 9.17) is 4.74 Å². The molecule has 0 amide bonds. The molecule has 2 aromatic rings. The zero-order chi connectivity index (χ0) is 30.4. The average molecular weight is 598 g/mol. The summed E-state index contributed by atoms with van der Waals surface area (Å²) in [6, 6.07) is 6.97. The minimum Gasteiger partial charge on any atom is -0.490 e. The molecule has 2 fully saturated rings. The minimum atomic E-state index is -4.75. The first-order valence-corrected chi connectivity index (χ1v) is 14.8. The maximum atomic E-state index is 13.7. The molecule has 2 aromatic carbocycles. The van der Waals surface area contributed by atoms with E-state index in [2.05, 4.69) is 0 Å². The van der Waals surface area contributed by atoms with Gasteiger partial charge in [-0.1, -0.05) is 19.1 Å². The van der Waals surface area contributed by atoms with Crippen LogP contribution in [0.3, 0.4) is 0 Å². The summed E-state index contributed by atoms with van der Waals surface area (Å²) >= 11 is 0. The Morgan fingerprint density at radius 1 is 0.952 bits per heavy atom. The van der Waals surface area contributed by atoms with Gasteiger partial charge in [0, 0.05) is 6.04 Å². The summed E-state index contributed by atoms with van der Waals surface area (Å²) in [6.45, 7) is 4.29. The minimum absolute atomic E-state index is 0.0155. The van der Waals surface area contributed by atoms with E-state index < -0.39 is 41.4 Å². The lowest BCUT2D eigenvalue weighted by atomic mass is 9.82. The Labute approximate surface area is 242 Å². The molecule has 0 aromatic heterocycles. The van der Waals surface area contributed by atoms with Crippen LogP contribution in [-0.4, -0.2) is 35.2 Å². The third-order valence-corrected chi connectivity index (χ3v) is 9.49. The molecule has 42 heavy (non-hydrogen) atoms. The van der Waals surface area contributed by atoms with Crippen LogP contribution in [0.2, 0.25) is 0 Å². The second kappa shape index (κ2) is 11.7. The van der Waals surface area contributed by atoms with Gasteiger partial charge in [-0.15, -0.1) is 0 Å². The maximum Gasteiger partial charge on any atom is 0.416 e. The number of carbonyl (C=O) groups is 1. The van der Waals surface area contributed by atoms with Crippen molar-refractivity contribution >= 4 is 5.97 Å². The monoisotopic (exact) mass is 597 g/mol. The van der Waals surface area contributed by atoms with Gasteiger partial charge >= 0.3 is 18.3 Å². The van der Waals surface area contributed by atoms with Crippen LogP contribution in [0.4, 0.5) is 26.3 Å². The third-order valence-electron chi connectivity index (χ3n) is 9.49. The predicted octanol–water partition coefficient (Wildman–Crippen LogP) is 8.50. The first-order valence-electron chi connectivity index (χ1n) is 14.8. The van der Waals surface area contributed by atoms with E-state index in [1.807, 2.05) is 23.1 Å². The molecule has 1 saturated heterocycles. The largest absolute Gasteiger partial charge is 0.490 e. The molecule has 230 valence electrons. The van der Waals surface area contributed by atoms with Gasteiger partial charge in [-0.3, -0.25) is 9.69 Å². The van der Waals surface area contributed by atoms with Crippen molar-refractivity contribution in [3.05, 3.63) is 64.2 Å². The van der Waals surface area contributed by atoms with E-state index in [1.165, 1.54) is 0 Å². The molecular formula is C32H37F6NO3. The van der Waals surface area contributed by atoms with Crippen LogP contribution in [-0.2, 0) is 23.6 Å². The zero-order valence-corrected chi connectivity index (χ0v) is 23.8. The van der Waals surface area contributed by atoms with Gasteiger partial charge in [0.1, 0.15) is 5.75 Å². The van der Waals surface area contributed by atoms with Crippen LogP contribution in [0, 0.1) is 17.8 Å². The number of likely N-dealkylation sites (tertiary alicyclic amines) is 1. The van der Waals surface area contributed by atoms with Gasteiger partial charge in [-0.2, -0.15) is 26.3 Å². The Morgan fingerprint density at radius 3 is 2.24 bits per heavy atom. The average Bonchev–Trinajstić information content (AvgIpc) is 3.77. The highest BCUT2D eigenvalue weighted by molar-refractivity contribution is 5.71. The highest BCUT2D eigenvalue weighted by Crippen LogP contribution is 2.48. The van der Waals surface area contributed by atoms with Crippen molar-refractivity contribution in [2.24, 2.45) is 17.8 Å². The van der Waals surface area contributed by atoms with Gasteiger partial charge in [0.05, 0.1) is 23.1 Å². The number of halogens is 6. The predicted molar refractivity (Wildman–Crippen MR) is 145 cm³/mol. The van der Waals surface area contributed by atoms with E-state index in [0.717, 1.165) is 61.8 Å². The SMILES string of the molecule is C[C@H](C(=O)O)C(c1ccc2c(c1)OC(CC1CCN([C@@H](C)c3cc(C(F)(F)F)ccc3C(F)(F)F)CC1)CC2)C1CC1. The number of aryl methyl sites for hydroxylation is 1. The van der Waals surface area contributed by atoms with Crippen molar-refractivity contribution in [3.63, 3.8) is 0 Å². The molecule has 2 aliphatic heterocycles. The molecule has 3 aliphatic rings. The molecule has 2 unspecified atom stereocenters. The first-order chi connectivity index (χ1) is 19.7. The summed E-state index contributed by atoms with van der Waals surface area (Å²) in [7, 11) is 0. The van der Waals surface area contributed by atoms with Crippen molar-refractivity contribution in [1.82, 2.24) is 4.90 Å². The number of alkyl halides is 6. The number of nitrogens with zero attached hydrogens (tertiary/aromatic N) is 1. The number of hydrogen-bond donors (Lipinski definition) is 1. The fourth-order valence-electron chi connectivity index (χ4n) is 6.88. The molecular weight excluding hydrogens is 560 g/mol. The van der Waals surface area contributed by atoms with Gasteiger partial charge in [0.25, 0.3) is 0 Å². The van der Waals surface area contributed by atoms with Gasteiger partial charge < -0.3 is 9.84 Å². The highest BCUT2D eigenvalue weighted by atomic mass is 19.4. The van der Waals surface area contributed by atoms with Crippen LogP contribution in [0.15, 0.2) is 36.4 Å². The molecule has 5 rings (SSSR count). The Kier molecular flexibility index (Phi) is 8.58. The lowest BCUT2D eigenvalue weighted by Crippen LogP contribution is -2.38. The van der Waals surface area contributed by atoms with Crippen molar-refractivity contribution < 1.29 is 41.0 Å². The van der Waals surface area contributed by atoms with Crippen LogP contribution in [0.1, 0.15) is 92.1 Å². The Morgan fingerprint density at radius 2 is 1.64 bits per heavy atom. The number of ether oxygens (including phenoxy) is 1.